The van der Waals surface area contributed by atoms with Gasteiger partial charge in [0.15, 0.2) is 15.8 Å². The Balaban J connectivity index is 0.000000224. The van der Waals surface area contributed by atoms with Crippen molar-refractivity contribution in [3.63, 3.8) is 0 Å². The van der Waals surface area contributed by atoms with Crippen LogP contribution in [0.15, 0.2) is 48.5 Å². The van der Waals surface area contributed by atoms with Crippen molar-refractivity contribution in [2.45, 2.75) is 12.4 Å². The number of pyridine rings is 1. The van der Waals surface area contributed by atoms with Crippen molar-refractivity contribution in [1.29, 1.82) is 0 Å². The normalized spacial score (nSPS) is 12.1. The number of halogens is 3. The first-order chi connectivity index (χ1) is 11.0. The van der Waals surface area contributed by atoms with Crippen molar-refractivity contribution in [3.8, 4) is 0 Å². The summed E-state index contributed by atoms with van der Waals surface area (Å²) in [6, 6.07) is 17.2. The highest BCUT2D eigenvalue weighted by Crippen LogP contribution is 2.24. The molecule has 0 unspecified atom stereocenters. The molecule has 0 saturated carbocycles. The second-order valence-electron chi connectivity index (χ2n) is 5.11. The molecule has 0 saturated heterocycles. The fourth-order valence-corrected chi connectivity index (χ4v) is 2.39. The molecule has 8 heteroatoms. The van der Waals surface area contributed by atoms with E-state index in [1.54, 1.807) is 0 Å². The summed E-state index contributed by atoms with van der Waals surface area (Å²) in [5, 5.41) is 4.00. The van der Waals surface area contributed by atoms with Gasteiger partial charge >= 0.3 is 5.51 Å². The van der Waals surface area contributed by atoms with Gasteiger partial charge in [-0.05, 0) is 12.1 Å². The lowest BCUT2D eigenvalue weighted by Gasteiger charge is -2.08. The van der Waals surface area contributed by atoms with E-state index < -0.39 is 15.6 Å². The molecule has 4 nitrogen and oxygen atoms in total. The summed E-state index contributed by atoms with van der Waals surface area (Å²) in [5.74, 6) is 0. The lowest BCUT2D eigenvalue weighted by atomic mass is 10.0. The number of nitrogens with zero attached hydrogens (tertiary/aromatic N) is 1. The minimum absolute atomic E-state index is 1.29. The van der Waals surface area contributed by atoms with Crippen LogP contribution >= 0.6 is 0 Å². The Morgan fingerprint density at radius 2 is 1.33 bits per heavy atom. The Kier molecular flexibility index (Phi) is 4.82. The van der Waals surface area contributed by atoms with Crippen molar-refractivity contribution in [2.24, 2.45) is 7.05 Å². The maximum Gasteiger partial charge on any atom is 0.485 e. The SMILES string of the molecule is Cc1c2ccccc2c2ccccc2[n+]1C.O=S(=O)([O-])C(F)(F)F. The fraction of sp³-hybridized carbons (Fsp3) is 0.188. The van der Waals surface area contributed by atoms with Crippen LogP contribution < -0.4 is 4.57 Å². The zero-order valence-electron chi connectivity index (χ0n) is 12.8. The molecule has 0 amide bonds. The summed E-state index contributed by atoms with van der Waals surface area (Å²) < 4.78 is 61.2. The standard InChI is InChI=1S/C15H14N.CHF3O3S/c1-11-12-7-3-4-8-13(12)14-9-5-6-10-15(14)16(11)2;2-1(3,4)8(5,6)7/h3-10H,1-2H3;(H,5,6,7)/q+1;/p-1. The van der Waals surface area contributed by atoms with Crippen LogP contribution in [-0.2, 0) is 17.2 Å². The summed E-state index contributed by atoms with van der Waals surface area (Å²) in [4.78, 5) is 0. The third kappa shape index (κ3) is 3.49. The van der Waals surface area contributed by atoms with Gasteiger partial charge < -0.3 is 4.55 Å². The number of para-hydroxylation sites is 1. The smallest absolute Gasteiger partial charge is 0.485 e. The first-order valence-electron chi connectivity index (χ1n) is 6.82. The lowest BCUT2D eigenvalue weighted by molar-refractivity contribution is -0.649. The Bertz CT molecular complexity index is 938. The van der Waals surface area contributed by atoms with Crippen LogP contribution in [0.5, 0.6) is 0 Å². The van der Waals surface area contributed by atoms with Gasteiger partial charge in [0.25, 0.3) is 0 Å². The molecule has 0 atom stereocenters. The number of alkyl halides is 3. The zero-order valence-corrected chi connectivity index (χ0v) is 13.6. The highest BCUT2D eigenvalue weighted by Gasteiger charge is 2.36. The Labute approximate surface area is 136 Å². The molecule has 1 heterocycles. The molecule has 0 aliphatic rings. The minimum Gasteiger partial charge on any atom is -0.741 e. The molecular formula is C16H14F3NO3S. The number of benzene rings is 2. The summed E-state index contributed by atoms with van der Waals surface area (Å²) in [6.07, 6.45) is 0. The lowest BCUT2D eigenvalue weighted by Crippen LogP contribution is -2.33. The summed E-state index contributed by atoms with van der Waals surface area (Å²) >= 11 is 0. The number of hydrogen-bond acceptors (Lipinski definition) is 3. The van der Waals surface area contributed by atoms with Crippen LogP contribution in [0.25, 0.3) is 21.7 Å². The highest BCUT2D eigenvalue weighted by molar-refractivity contribution is 7.86. The van der Waals surface area contributed by atoms with E-state index in [2.05, 4.69) is 67.1 Å². The molecule has 0 radical (unpaired) electrons. The third-order valence-corrected chi connectivity index (χ3v) is 4.23. The molecule has 3 rings (SSSR count). The van der Waals surface area contributed by atoms with Gasteiger partial charge in [0.1, 0.15) is 7.05 Å². The van der Waals surface area contributed by atoms with Crippen LogP contribution in [0.4, 0.5) is 13.2 Å². The zero-order chi connectivity index (χ0) is 18.1. The van der Waals surface area contributed by atoms with E-state index in [0.29, 0.717) is 0 Å². The van der Waals surface area contributed by atoms with Gasteiger partial charge in [0.2, 0.25) is 5.52 Å². The minimum atomic E-state index is -6.09. The van der Waals surface area contributed by atoms with Crippen molar-refractivity contribution in [1.82, 2.24) is 0 Å². The van der Waals surface area contributed by atoms with E-state index in [4.69, 9.17) is 13.0 Å². The molecule has 2 aromatic carbocycles. The summed E-state index contributed by atoms with van der Waals surface area (Å²) in [5.41, 5.74) is -3.04. The quantitative estimate of drug-likeness (QED) is 0.269. The molecule has 3 aromatic rings. The fourth-order valence-electron chi connectivity index (χ4n) is 2.39. The van der Waals surface area contributed by atoms with E-state index in [9.17, 15) is 13.2 Å². The van der Waals surface area contributed by atoms with E-state index in [1.807, 2.05) is 0 Å². The van der Waals surface area contributed by atoms with Crippen LogP contribution in [0.1, 0.15) is 5.69 Å². The van der Waals surface area contributed by atoms with Gasteiger partial charge in [-0.1, -0.05) is 30.3 Å². The number of hydrogen-bond donors (Lipinski definition) is 0. The molecule has 1 aromatic heterocycles. The van der Waals surface area contributed by atoms with Gasteiger partial charge in [0.05, 0.1) is 5.39 Å². The second-order valence-corrected chi connectivity index (χ2v) is 6.48. The third-order valence-electron chi connectivity index (χ3n) is 3.66. The maximum absolute atomic E-state index is 10.7. The first kappa shape index (κ1) is 18.2. The highest BCUT2D eigenvalue weighted by atomic mass is 32.2. The van der Waals surface area contributed by atoms with Crippen molar-refractivity contribution in [3.05, 3.63) is 54.2 Å². The average Bonchev–Trinajstić information content (AvgIpc) is 2.51. The molecule has 24 heavy (non-hydrogen) atoms. The predicted molar refractivity (Wildman–Crippen MR) is 83.1 cm³/mol. The van der Waals surface area contributed by atoms with Gasteiger partial charge in [-0.25, -0.2) is 8.42 Å². The number of aromatic nitrogens is 1. The Morgan fingerprint density at radius 3 is 1.83 bits per heavy atom. The van der Waals surface area contributed by atoms with Crippen LogP contribution in [0.2, 0.25) is 0 Å². The molecule has 0 aliphatic carbocycles. The topological polar surface area (TPSA) is 61.1 Å². The van der Waals surface area contributed by atoms with E-state index >= 15 is 0 Å². The van der Waals surface area contributed by atoms with Gasteiger partial charge in [0, 0.05) is 23.8 Å². The second kappa shape index (κ2) is 6.37. The predicted octanol–water partition coefficient (Wildman–Crippen LogP) is 3.18. The molecular weight excluding hydrogens is 343 g/mol. The average molecular weight is 357 g/mol. The first-order valence-corrected chi connectivity index (χ1v) is 8.23. The van der Waals surface area contributed by atoms with Crippen molar-refractivity contribution >= 4 is 31.8 Å². The number of aryl methyl sites for hydroxylation is 2. The van der Waals surface area contributed by atoms with Gasteiger partial charge in [-0.3, -0.25) is 0 Å². The van der Waals surface area contributed by atoms with Crippen molar-refractivity contribution in [2.75, 3.05) is 0 Å². The van der Waals surface area contributed by atoms with Crippen LogP contribution in [0.3, 0.4) is 0 Å². The van der Waals surface area contributed by atoms with Gasteiger partial charge in [-0.15, -0.1) is 0 Å². The number of fused-ring (bicyclic) bond motifs is 3. The molecule has 0 spiro atoms. The molecule has 0 N–H and O–H groups in total. The molecule has 0 bridgehead atoms. The van der Waals surface area contributed by atoms with E-state index in [-0.39, 0.29) is 0 Å². The largest absolute Gasteiger partial charge is 0.741 e. The van der Waals surface area contributed by atoms with E-state index in [0.717, 1.165) is 0 Å². The Morgan fingerprint density at radius 1 is 0.917 bits per heavy atom. The maximum atomic E-state index is 10.7. The van der Waals surface area contributed by atoms with E-state index in [1.165, 1.54) is 27.4 Å². The number of rotatable bonds is 0. The molecule has 0 fully saturated rings. The molecule has 128 valence electrons. The molecule has 0 aliphatic heterocycles. The summed E-state index contributed by atoms with van der Waals surface area (Å²) in [7, 11) is -3.96. The van der Waals surface area contributed by atoms with Crippen molar-refractivity contribution < 1.29 is 30.7 Å². The van der Waals surface area contributed by atoms with Crippen LogP contribution in [0, 0.1) is 6.92 Å². The summed E-state index contributed by atoms with van der Waals surface area (Å²) in [6.45, 7) is 2.18. The Hall–Kier alpha value is -2.19. The monoisotopic (exact) mass is 357 g/mol. The van der Waals surface area contributed by atoms with Gasteiger partial charge in [-0.2, -0.15) is 17.7 Å². The van der Waals surface area contributed by atoms with Crippen LogP contribution in [-0.4, -0.2) is 18.5 Å².